The molecule has 0 unspecified atom stereocenters. The number of halogens is 2. The molecular formula is C14H12F2N2O6. The molecule has 1 heterocycles. The number of imide groups is 1. The summed E-state index contributed by atoms with van der Waals surface area (Å²) in [5, 5.41) is 20.8. The molecule has 8 nitrogen and oxygen atoms in total. The van der Waals surface area contributed by atoms with Crippen LogP contribution < -0.4 is 5.32 Å². The van der Waals surface area contributed by atoms with Crippen LogP contribution in [0.15, 0.2) is 29.5 Å². The average molecular weight is 342 g/mol. The van der Waals surface area contributed by atoms with Gasteiger partial charge in [-0.05, 0) is 17.7 Å². The highest BCUT2D eigenvalue weighted by molar-refractivity contribution is 5.99. The molecule has 1 aromatic carbocycles. The van der Waals surface area contributed by atoms with E-state index < -0.39 is 41.3 Å². The predicted molar refractivity (Wildman–Crippen MR) is 74.0 cm³/mol. The van der Waals surface area contributed by atoms with Crippen LogP contribution in [0.3, 0.4) is 0 Å². The number of carbonyl (C=O) groups excluding carboxylic acids is 1. The second-order valence-electron chi connectivity index (χ2n) is 4.79. The summed E-state index contributed by atoms with van der Waals surface area (Å²) >= 11 is 0. The summed E-state index contributed by atoms with van der Waals surface area (Å²) in [7, 11) is 1.24. The number of methoxy groups -OCH3 is 1. The van der Waals surface area contributed by atoms with Gasteiger partial charge in [0.25, 0.3) is 0 Å². The maximum atomic E-state index is 13.5. The molecule has 3 N–H and O–H groups in total. The zero-order valence-electron chi connectivity index (χ0n) is 12.2. The van der Waals surface area contributed by atoms with Crippen molar-refractivity contribution in [2.24, 2.45) is 0 Å². The minimum atomic E-state index is -1.75. The van der Waals surface area contributed by atoms with Crippen molar-refractivity contribution in [2.45, 2.75) is 6.04 Å². The van der Waals surface area contributed by atoms with Gasteiger partial charge in [-0.2, -0.15) is 0 Å². The summed E-state index contributed by atoms with van der Waals surface area (Å²) < 4.78 is 31.4. The number of ether oxygens (including phenoxy) is 1. The van der Waals surface area contributed by atoms with Gasteiger partial charge in [0.05, 0.1) is 17.9 Å². The number of aliphatic carboxylic acids is 1. The monoisotopic (exact) mass is 342 g/mol. The lowest BCUT2D eigenvalue weighted by atomic mass is 9.93. The summed E-state index contributed by atoms with van der Waals surface area (Å²) in [4.78, 5) is 35.2. The molecule has 1 aliphatic heterocycles. The first-order valence-electron chi connectivity index (χ1n) is 6.51. The lowest BCUT2D eigenvalue weighted by Gasteiger charge is -2.34. The van der Waals surface area contributed by atoms with Crippen molar-refractivity contribution >= 4 is 18.1 Å². The number of carboxylic acids is 1. The molecule has 0 aliphatic carbocycles. The molecule has 3 amide bonds. The lowest BCUT2D eigenvalue weighted by Crippen LogP contribution is -2.51. The minimum absolute atomic E-state index is 0.178. The van der Waals surface area contributed by atoms with Crippen LogP contribution in [0, 0.1) is 11.6 Å². The Hall–Kier alpha value is -3.01. The Bertz CT molecular complexity index is 749. The van der Waals surface area contributed by atoms with E-state index in [0.717, 1.165) is 6.07 Å². The highest BCUT2D eigenvalue weighted by Crippen LogP contribution is 2.34. The predicted octanol–water partition coefficient (Wildman–Crippen LogP) is 1.69. The van der Waals surface area contributed by atoms with Gasteiger partial charge in [0.1, 0.15) is 6.04 Å². The van der Waals surface area contributed by atoms with Gasteiger partial charge >= 0.3 is 18.1 Å². The van der Waals surface area contributed by atoms with Crippen molar-refractivity contribution in [2.75, 3.05) is 13.7 Å². The normalized spacial score (nSPS) is 17.7. The molecule has 2 rings (SSSR count). The lowest BCUT2D eigenvalue weighted by molar-refractivity contribution is -0.133. The molecule has 24 heavy (non-hydrogen) atoms. The van der Waals surface area contributed by atoms with Crippen molar-refractivity contribution in [3.05, 3.63) is 46.7 Å². The number of nitrogens with one attached hydrogen (secondary N) is 1. The van der Waals surface area contributed by atoms with Crippen LogP contribution in [0.4, 0.5) is 18.4 Å². The fourth-order valence-corrected chi connectivity index (χ4v) is 2.37. The summed E-state index contributed by atoms with van der Waals surface area (Å²) in [5.41, 5.74) is -0.913. The number of benzene rings is 1. The summed E-state index contributed by atoms with van der Waals surface area (Å²) in [6.45, 7) is -0.318. The van der Waals surface area contributed by atoms with Crippen molar-refractivity contribution in [3.63, 3.8) is 0 Å². The van der Waals surface area contributed by atoms with Gasteiger partial charge in [-0.15, -0.1) is 0 Å². The van der Waals surface area contributed by atoms with E-state index in [1.54, 1.807) is 0 Å². The number of nitrogens with zero attached hydrogens (tertiary/aromatic N) is 1. The molecule has 0 saturated carbocycles. The zero-order chi connectivity index (χ0) is 18.0. The van der Waals surface area contributed by atoms with Gasteiger partial charge in [0, 0.05) is 7.11 Å². The third-order valence-corrected chi connectivity index (χ3v) is 3.32. The highest BCUT2D eigenvalue weighted by atomic mass is 19.2. The SMILES string of the molecule is COCC1=C(C(=O)O)[C@H](c2ccc(F)c(F)c2)N(C(=O)O)C(=O)N1. The number of carbonyl (C=O) groups is 3. The number of carboxylic acid groups (broad SMARTS) is 2. The number of hydrogen-bond acceptors (Lipinski definition) is 4. The maximum absolute atomic E-state index is 13.5. The molecule has 0 saturated heterocycles. The van der Waals surface area contributed by atoms with Crippen LogP contribution in [0.1, 0.15) is 11.6 Å². The Balaban J connectivity index is 2.71. The zero-order valence-corrected chi connectivity index (χ0v) is 12.2. The number of hydrogen-bond donors (Lipinski definition) is 3. The van der Waals surface area contributed by atoms with Crippen LogP contribution in [0.2, 0.25) is 0 Å². The van der Waals surface area contributed by atoms with Crippen molar-refractivity contribution < 1.29 is 38.1 Å². The van der Waals surface area contributed by atoms with Crippen molar-refractivity contribution in [3.8, 4) is 0 Å². The largest absolute Gasteiger partial charge is 0.478 e. The number of amides is 3. The third kappa shape index (κ3) is 3.04. The topological polar surface area (TPSA) is 116 Å². The van der Waals surface area contributed by atoms with E-state index in [-0.39, 0.29) is 22.8 Å². The van der Waals surface area contributed by atoms with Gasteiger partial charge in [-0.1, -0.05) is 6.07 Å². The maximum Gasteiger partial charge on any atom is 0.416 e. The Morgan fingerprint density at radius 3 is 2.46 bits per heavy atom. The Morgan fingerprint density at radius 2 is 1.96 bits per heavy atom. The first kappa shape index (κ1) is 17.3. The molecule has 0 bridgehead atoms. The molecule has 1 atom stereocenters. The second-order valence-corrected chi connectivity index (χ2v) is 4.79. The van der Waals surface area contributed by atoms with E-state index >= 15 is 0 Å². The van der Waals surface area contributed by atoms with Crippen LogP contribution in [-0.4, -0.2) is 46.9 Å². The standard InChI is InChI=1S/C14H12F2N2O6/c1-24-5-9-10(12(19)20)11(18(14(22)23)13(21)17-9)6-2-3-7(15)8(16)4-6/h2-4,11H,5H2,1H3,(H,17,21)(H,19,20)(H,22,23)/t11-/m0/s1. The Labute approximate surface area is 133 Å². The van der Waals surface area contributed by atoms with Crippen LogP contribution in [0.5, 0.6) is 0 Å². The molecule has 0 aromatic heterocycles. The number of urea groups is 1. The number of rotatable bonds is 4. The molecule has 10 heteroatoms. The minimum Gasteiger partial charge on any atom is -0.478 e. The fraction of sp³-hybridized carbons (Fsp3) is 0.214. The molecule has 128 valence electrons. The van der Waals surface area contributed by atoms with E-state index in [0.29, 0.717) is 12.1 Å². The highest BCUT2D eigenvalue weighted by Gasteiger charge is 2.42. The fourth-order valence-electron chi connectivity index (χ4n) is 2.37. The van der Waals surface area contributed by atoms with Gasteiger partial charge in [-0.25, -0.2) is 28.1 Å². The van der Waals surface area contributed by atoms with Gasteiger partial charge in [0.15, 0.2) is 11.6 Å². The van der Waals surface area contributed by atoms with E-state index in [1.165, 1.54) is 7.11 Å². The van der Waals surface area contributed by atoms with Gasteiger partial charge in [0.2, 0.25) is 0 Å². The van der Waals surface area contributed by atoms with E-state index in [1.807, 2.05) is 0 Å². The second kappa shape index (κ2) is 6.62. The van der Waals surface area contributed by atoms with Crippen LogP contribution in [0.25, 0.3) is 0 Å². The van der Waals surface area contributed by atoms with Gasteiger partial charge in [-0.3, -0.25) is 0 Å². The van der Waals surface area contributed by atoms with E-state index in [9.17, 15) is 33.4 Å². The molecular weight excluding hydrogens is 330 g/mol. The van der Waals surface area contributed by atoms with E-state index in [2.05, 4.69) is 5.32 Å². The summed E-state index contributed by atoms with van der Waals surface area (Å²) in [6.07, 6.45) is -1.75. The Morgan fingerprint density at radius 1 is 1.29 bits per heavy atom. The summed E-state index contributed by atoms with van der Waals surface area (Å²) in [5.74, 6) is -4.04. The summed E-state index contributed by atoms with van der Waals surface area (Å²) in [6, 6.07) is -0.428. The van der Waals surface area contributed by atoms with Crippen LogP contribution in [-0.2, 0) is 9.53 Å². The molecule has 1 aliphatic rings. The first-order chi connectivity index (χ1) is 11.3. The quantitative estimate of drug-likeness (QED) is 0.767. The molecule has 1 aromatic rings. The van der Waals surface area contributed by atoms with E-state index in [4.69, 9.17) is 4.74 Å². The van der Waals surface area contributed by atoms with Crippen molar-refractivity contribution in [1.82, 2.24) is 10.2 Å². The van der Waals surface area contributed by atoms with Crippen molar-refractivity contribution in [1.29, 1.82) is 0 Å². The third-order valence-electron chi connectivity index (χ3n) is 3.32. The van der Waals surface area contributed by atoms with Crippen LogP contribution >= 0.6 is 0 Å². The molecule has 0 spiro atoms. The smallest absolute Gasteiger partial charge is 0.416 e. The first-order valence-corrected chi connectivity index (χ1v) is 6.51. The Kier molecular flexibility index (Phi) is 4.79. The average Bonchev–Trinajstić information content (AvgIpc) is 2.48. The molecule has 0 fully saturated rings. The van der Waals surface area contributed by atoms with Gasteiger partial charge < -0.3 is 20.3 Å². The molecule has 0 radical (unpaired) electrons.